The number of aliphatic imine (C=N–C) groups is 1. The summed E-state index contributed by atoms with van der Waals surface area (Å²) < 4.78 is 11.4. The van der Waals surface area contributed by atoms with Gasteiger partial charge in [-0.3, -0.25) is 14.7 Å². The Morgan fingerprint density at radius 2 is 1.87 bits per heavy atom. The van der Waals surface area contributed by atoms with Gasteiger partial charge in [0.2, 0.25) is 0 Å². The number of ether oxygens (including phenoxy) is 2. The third-order valence-electron chi connectivity index (χ3n) is 8.24. The van der Waals surface area contributed by atoms with Crippen LogP contribution in [-0.2, 0) is 24.2 Å². The van der Waals surface area contributed by atoms with E-state index >= 15 is 0 Å². The molecule has 1 saturated heterocycles. The fourth-order valence-corrected chi connectivity index (χ4v) is 6.05. The molecule has 1 aliphatic carbocycles. The van der Waals surface area contributed by atoms with Crippen LogP contribution in [0.25, 0.3) is 0 Å². The lowest BCUT2D eigenvalue weighted by molar-refractivity contribution is 0.0322. The van der Waals surface area contributed by atoms with Crippen molar-refractivity contribution >= 4 is 11.7 Å². The topological polar surface area (TPSA) is 86.6 Å². The van der Waals surface area contributed by atoms with Crippen LogP contribution in [0.15, 0.2) is 35.3 Å². The number of benzene rings is 2. The van der Waals surface area contributed by atoms with Crippen LogP contribution in [0.1, 0.15) is 64.7 Å². The molecule has 0 atom stereocenters. The Morgan fingerprint density at radius 1 is 1.05 bits per heavy atom. The number of hydrogen-bond donors (Lipinski definition) is 2. The Morgan fingerprint density at radius 3 is 2.71 bits per heavy atom. The molecule has 2 aromatic carbocycles. The second kappa shape index (κ2) is 11.3. The lowest BCUT2D eigenvalue weighted by Crippen LogP contribution is -2.38. The number of nitrogens with zero attached hydrogens (tertiary/aromatic N) is 3. The summed E-state index contributed by atoms with van der Waals surface area (Å²) in [5.74, 6) is 1.61. The highest BCUT2D eigenvalue weighted by Crippen LogP contribution is 2.32. The van der Waals surface area contributed by atoms with Gasteiger partial charge in [-0.1, -0.05) is 18.9 Å². The van der Waals surface area contributed by atoms with E-state index in [4.69, 9.17) is 14.5 Å². The minimum Gasteiger partial charge on any atom is -0.507 e. The molecular formula is C30H38N4O4. The molecule has 38 heavy (non-hydrogen) atoms. The van der Waals surface area contributed by atoms with Gasteiger partial charge in [0, 0.05) is 50.9 Å². The highest BCUT2D eigenvalue weighted by Gasteiger charge is 2.29. The number of carbonyl (C=O) groups is 1. The number of phenols is 1. The number of rotatable bonds is 6. The maximum Gasteiger partial charge on any atom is 0.258 e. The van der Waals surface area contributed by atoms with Crippen molar-refractivity contribution in [2.45, 2.75) is 57.7 Å². The predicted molar refractivity (Wildman–Crippen MR) is 146 cm³/mol. The average molecular weight is 519 g/mol. The maximum atomic E-state index is 13.6. The maximum absolute atomic E-state index is 13.6. The van der Waals surface area contributed by atoms with Crippen molar-refractivity contribution in [3.8, 4) is 11.5 Å². The van der Waals surface area contributed by atoms with Gasteiger partial charge in [-0.25, -0.2) is 0 Å². The summed E-state index contributed by atoms with van der Waals surface area (Å²) >= 11 is 0. The van der Waals surface area contributed by atoms with Gasteiger partial charge in [-0.05, 0) is 66.6 Å². The normalized spacial score (nSPS) is 20.0. The van der Waals surface area contributed by atoms with Crippen LogP contribution >= 0.6 is 0 Å². The average Bonchev–Trinajstić information content (AvgIpc) is 3.56. The third kappa shape index (κ3) is 5.52. The summed E-state index contributed by atoms with van der Waals surface area (Å²) in [5, 5.41) is 14.5. The minimum absolute atomic E-state index is 0.0546. The number of nitrogens with one attached hydrogen (secondary N) is 1. The van der Waals surface area contributed by atoms with Crippen molar-refractivity contribution < 1.29 is 19.4 Å². The number of aromatic hydroxyl groups is 1. The first-order valence-corrected chi connectivity index (χ1v) is 14.2. The molecule has 0 aromatic heterocycles. The number of morpholine rings is 1. The summed E-state index contributed by atoms with van der Waals surface area (Å²) in [6.45, 7) is 6.76. The summed E-state index contributed by atoms with van der Waals surface area (Å²) in [6.07, 6.45) is 6.58. The molecule has 2 N–H and O–H groups in total. The van der Waals surface area contributed by atoms with Crippen molar-refractivity contribution in [3.05, 3.63) is 58.1 Å². The molecule has 3 heterocycles. The van der Waals surface area contributed by atoms with Gasteiger partial charge >= 0.3 is 0 Å². The van der Waals surface area contributed by atoms with E-state index in [-0.39, 0.29) is 11.7 Å². The van der Waals surface area contributed by atoms with Gasteiger partial charge in [0.15, 0.2) is 0 Å². The molecule has 2 fully saturated rings. The van der Waals surface area contributed by atoms with Gasteiger partial charge in [0.25, 0.3) is 5.91 Å². The lowest BCUT2D eigenvalue weighted by atomic mass is 9.98. The van der Waals surface area contributed by atoms with Crippen LogP contribution in [0.4, 0.5) is 0 Å². The molecule has 202 valence electrons. The zero-order chi connectivity index (χ0) is 25.9. The zero-order valence-electron chi connectivity index (χ0n) is 22.1. The summed E-state index contributed by atoms with van der Waals surface area (Å²) in [5.41, 5.74) is 4.59. The standard InChI is InChI=1S/C30H38N4O4/c35-28-17-21-4-3-9-31-29(32-24-5-1-2-6-24)26(21)18-27(28)30(36)34-19-22-7-8-25(16-23(22)20-34)38-15-12-33-10-13-37-14-11-33/h7-8,16-18,24,35H,1-6,9-15,19-20H2,(H,31,32). The fraction of sp³-hybridized carbons (Fsp3) is 0.533. The Hall–Kier alpha value is -3.10. The Bertz CT molecular complexity index is 1200. The first kappa shape index (κ1) is 25.2. The quantitative estimate of drug-likeness (QED) is 0.609. The van der Waals surface area contributed by atoms with Gasteiger partial charge in [0.05, 0.1) is 18.8 Å². The van der Waals surface area contributed by atoms with E-state index in [0.717, 1.165) is 98.9 Å². The first-order chi connectivity index (χ1) is 18.6. The van der Waals surface area contributed by atoms with E-state index in [2.05, 4.69) is 22.3 Å². The Balaban J connectivity index is 1.14. The smallest absolute Gasteiger partial charge is 0.258 e. The number of aryl methyl sites for hydroxylation is 1. The third-order valence-corrected chi connectivity index (χ3v) is 8.24. The van der Waals surface area contributed by atoms with E-state index in [1.54, 1.807) is 6.07 Å². The monoisotopic (exact) mass is 518 g/mol. The molecule has 4 aliphatic rings. The molecule has 3 aliphatic heterocycles. The number of hydrogen-bond acceptors (Lipinski definition) is 7. The second-order valence-corrected chi connectivity index (χ2v) is 10.9. The second-order valence-electron chi connectivity index (χ2n) is 10.9. The van der Waals surface area contributed by atoms with Gasteiger partial charge in [-0.15, -0.1) is 0 Å². The number of fused-ring (bicyclic) bond motifs is 2. The number of amides is 1. The van der Waals surface area contributed by atoms with E-state index in [1.807, 2.05) is 17.0 Å². The van der Waals surface area contributed by atoms with E-state index in [0.29, 0.717) is 31.3 Å². The molecule has 2 aromatic rings. The van der Waals surface area contributed by atoms with Crippen molar-refractivity contribution in [2.24, 2.45) is 4.99 Å². The molecule has 0 bridgehead atoms. The van der Waals surface area contributed by atoms with Crippen molar-refractivity contribution in [2.75, 3.05) is 46.0 Å². The SMILES string of the molecule is O=C(c1cc2c(cc1O)CCCN=C2NC1CCCC1)N1Cc2ccc(OCCN3CCOCC3)cc2C1. The summed E-state index contributed by atoms with van der Waals surface area (Å²) in [7, 11) is 0. The predicted octanol–water partition coefficient (Wildman–Crippen LogP) is 3.48. The lowest BCUT2D eigenvalue weighted by Gasteiger charge is -2.26. The Kier molecular flexibility index (Phi) is 7.51. The van der Waals surface area contributed by atoms with Crippen LogP contribution in [0, 0.1) is 0 Å². The molecule has 1 amide bonds. The molecule has 0 spiro atoms. The number of amidine groups is 1. The van der Waals surface area contributed by atoms with Crippen LogP contribution < -0.4 is 10.1 Å². The van der Waals surface area contributed by atoms with Gasteiger partial charge in [-0.2, -0.15) is 0 Å². The highest BCUT2D eigenvalue weighted by atomic mass is 16.5. The molecule has 0 unspecified atom stereocenters. The van der Waals surface area contributed by atoms with E-state index in [1.165, 1.54) is 12.8 Å². The van der Waals surface area contributed by atoms with Gasteiger partial charge in [0.1, 0.15) is 23.9 Å². The number of phenolic OH excluding ortho intramolecular Hbond substituents is 1. The highest BCUT2D eigenvalue weighted by molar-refractivity contribution is 6.05. The van der Waals surface area contributed by atoms with E-state index in [9.17, 15) is 9.90 Å². The largest absolute Gasteiger partial charge is 0.507 e. The van der Waals surface area contributed by atoms with Crippen LogP contribution in [0.2, 0.25) is 0 Å². The van der Waals surface area contributed by atoms with Crippen LogP contribution in [0.3, 0.4) is 0 Å². The molecule has 8 nitrogen and oxygen atoms in total. The first-order valence-electron chi connectivity index (χ1n) is 14.2. The van der Waals surface area contributed by atoms with Crippen molar-refractivity contribution in [3.63, 3.8) is 0 Å². The number of carbonyl (C=O) groups excluding carboxylic acids is 1. The zero-order valence-corrected chi connectivity index (χ0v) is 22.1. The van der Waals surface area contributed by atoms with Crippen molar-refractivity contribution in [1.82, 2.24) is 15.1 Å². The van der Waals surface area contributed by atoms with Gasteiger partial charge < -0.3 is 24.8 Å². The molecule has 8 heteroatoms. The van der Waals surface area contributed by atoms with Crippen molar-refractivity contribution in [1.29, 1.82) is 0 Å². The molecule has 6 rings (SSSR count). The summed E-state index contributed by atoms with van der Waals surface area (Å²) in [4.78, 5) is 22.6. The van der Waals surface area contributed by atoms with Crippen LogP contribution in [-0.4, -0.2) is 78.7 Å². The fourth-order valence-electron chi connectivity index (χ4n) is 6.05. The molecule has 1 saturated carbocycles. The van der Waals surface area contributed by atoms with E-state index < -0.39 is 0 Å². The Labute approximate surface area is 224 Å². The summed E-state index contributed by atoms with van der Waals surface area (Å²) in [6, 6.07) is 10.2. The molecular weight excluding hydrogens is 480 g/mol. The van der Waals surface area contributed by atoms with Crippen LogP contribution in [0.5, 0.6) is 11.5 Å². The minimum atomic E-state index is -0.152. The molecule has 0 radical (unpaired) electrons.